The molecule has 0 aromatic heterocycles. The van der Waals surface area contributed by atoms with Crippen LogP contribution in [-0.2, 0) is 4.79 Å². The molecule has 0 heterocycles. The molecule has 2 rings (SSSR count). The lowest BCUT2D eigenvalue weighted by molar-refractivity contribution is -0.122. The van der Waals surface area contributed by atoms with Crippen molar-refractivity contribution in [3.05, 3.63) is 57.0 Å². The van der Waals surface area contributed by atoms with Gasteiger partial charge in [-0.05, 0) is 59.3 Å². The first kappa shape index (κ1) is 16.1. The number of ether oxygens (including phenoxy) is 1. The summed E-state index contributed by atoms with van der Waals surface area (Å²) in [6, 6.07) is 12.1. The molecule has 0 bridgehead atoms. The summed E-state index contributed by atoms with van der Waals surface area (Å²) in [5.41, 5.74) is 0.606. The van der Waals surface area contributed by atoms with Gasteiger partial charge in [-0.3, -0.25) is 4.79 Å². The second-order valence-electron chi connectivity index (χ2n) is 4.34. The molecule has 1 amide bonds. The van der Waals surface area contributed by atoms with Gasteiger partial charge in [0.1, 0.15) is 5.75 Å². The number of rotatable bonds is 4. The third kappa shape index (κ3) is 4.63. The van der Waals surface area contributed by atoms with E-state index in [1.807, 2.05) is 0 Å². The molecular formula is C15H12BrCl2NO2. The first-order chi connectivity index (χ1) is 9.95. The first-order valence-electron chi connectivity index (χ1n) is 6.14. The number of hydrogen-bond acceptors (Lipinski definition) is 2. The zero-order chi connectivity index (χ0) is 15.4. The van der Waals surface area contributed by atoms with E-state index in [1.165, 1.54) is 0 Å². The Morgan fingerprint density at radius 2 is 2.00 bits per heavy atom. The number of carbonyl (C=O) groups excluding carboxylic acids is 1. The quantitative estimate of drug-likeness (QED) is 0.785. The highest BCUT2D eigenvalue weighted by molar-refractivity contribution is 9.10. The van der Waals surface area contributed by atoms with Gasteiger partial charge in [-0.2, -0.15) is 0 Å². The molecule has 1 N–H and O–H groups in total. The van der Waals surface area contributed by atoms with Crippen molar-refractivity contribution in [3.8, 4) is 5.75 Å². The van der Waals surface area contributed by atoms with Crippen LogP contribution in [0.2, 0.25) is 10.0 Å². The van der Waals surface area contributed by atoms with Gasteiger partial charge < -0.3 is 10.1 Å². The maximum Gasteiger partial charge on any atom is 0.265 e. The normalized spacial score (nSPS) is 11.8. The Labute approximate surface area is 141 Å². The Morgan fingerprint density at radius 3 is 2.67 bits per heavy atom. The average Bonchev–Trinajstić information content (AvgIpc) is 2.43. The van der Waals surface area contributed by atoms with E-state index in [0.717, 1.165) is 4.47 Å². The lowest BCUT2D eigenvalue weighted by Gasteiger charge is -2.15. The molecule has 0 fully saturated rings. The van der Waals surface area contributed by atoms with Gasteiger partial charge in [-0.25, -0.2) is 0 Å². The van der Waals surface area contributed by atoms with E-state index in [0.29, 0.717) is 21.5 Å². The van der Waals surface area contributed by atoms with E-state index in [9.17, 15) is 4.79 Å². The lowest BCUT2D eigenvalue weighted by Crippen LogP contribution is -2.30. The van der Waals surface area contributed by atoms with Gasteiger partial charge in [-0.15, -0.1) is 0 Å². The number of carbonyl (C=O) groups is 1. The van der Waals surface area contributed by atoms with Crippen LogP contribution in [0.3, 0.4) is 0 Å². The molecule has 110 valence electrons. The number of benzene rings is 2. The molecule has 0 radical (unpaired) electrons. The number of nitrogens with one attached hydrogen (secondary N) is 1. The minimum atomic E-state index is -0.661. The Bertz CT molecular complexity index is 664. The highest BCUT2D eigenvalue weighted by atomic mass is 79.9. The number of halogens is 3. The van der Waals surface area contributed by atoms with Crippen molar-refractivity contribution in [2.24, 2.45) is 0 Å². The van der Waals surface area contributed by atoms with Gasteiger partial charge in [0.2, 0.25) is 0 Å². The van der Waals surface area contributed by atoms with E-state index in [-0.39, 0.29) is 5.91 Å². The minimum absolute atomic E-state index is 0.270. The number of hydrogen-bond donors (Lipinski definition) is 1. The molecule has 0 saturated heterocycles. The van der Waals surface area contributed by atoms with E-state index in [2.05, 4.69) is 21.2 Å². The van der Waals surface area contributed by atoms with Crippen molar-refractivity contribution in [2.75, 3.05) is 5.32 Å². The van der Waals surface area contributed by atoms with Crippen LogP contribution in [0.25, 0.3) is 0 Å². The summed E-state index contributed by atoms with van der Waals surface area (Å²) in [5.74, 6) is 0.271. The Morgan fingerprint density at radius 1 is 1.24 bits per heavy atom. The summed E-state index contributed by atoms with van der Waals surface area (Å²) in [6.07, 6.45) is -0.661. The lowest BCUT2D eigenvalue weighted by atomic mass is 10.3. The van der Waals surface area contributed by atoms with Crippen LogP contribution in [-0.4, -0.2) is 12.0 Å². The summed E-state index contributed by atoms with van der Waals surface area (Å²) in [4.78, 5) is 12.1. The SMILES string of the molecule is C[C@@H](Oc1cccc(Cl)c1)C(=O)Nc1ccc(Br)c(Cl)c1. The summed E-state index contributed by atoms with van der Waals surface area (Å²) in [6.45, 7) is 1.66. The predicted molar refractivity (Wildman–Crippen MR) is 89.3 cm³/mol. The van der Waals surface area contributed by atoms with E-state index in [1.54, 1.807) is 49.4 Å². The van der Waals surface area contributed by atoms with Crippen LogP contribution in [0.5, 0.6) is 5.75 Å². The molecule has 0 unspecified atom stereocenters. The standard InChI is InChI=1S/C15H12BrCl2NO2/c1-9(21-12-4-2-3-10(17)7-12)15(20)19-11-5-6-13(16)14(18)8-11/h2-9H,1H3,(H,19,20)/t9-/m1/s1. The zero-order valence-corrected chi connectivity index (χ0v) is 14.2. The monoisotopic (exact) mass is 387 g/mol. The Kier molecular flexibility index (Phi) is 5.51. The Hall–Kier alpha value is -1.23. The fourth-order valence-electron chi connectivity index (χ4n) is 1.62. The largest absolute Gasteiger partial charge is 0.481 e. The molecular weight excluding hydrogens is 377 g/mol. The van der Waals surface area contributed by atoms with Crippen molar-refractivity contribution in [3.63, 3.8) is 0 Å². The predicted octanol–water partition coefficient (Wildman–Crippen LogP) is 5.16. The van der Waals surface area contributed by atoms with Crippen LogP contribution >= 0.6 is 39.1 Å². The molecule has 0 spiro atoms. The summed E-state index contributed by atoms with van der Waals surface area (Å²) in [5, 5.41) is 3.82. The van der Waals surface area contributed by atoms with Crippen molar-refractivity contribution in [1.29, 1.82) is 0 Å². The third-order valence-electron chi connectivity index (χ3n) is 2.67. The maximum absolute atomic E-state index is 12.1. The second kappa shape index (κ2) is 7.16. The van der Waals surface area contributed by atoms with Crippen LogP contribution < -0.4 is 10.1 Å². The van der Waals surface area contributed by atoms with Crippen molar-refractivity contribution < 1.29 is 9.53 Å². The van der Waals surface area contributed by atoms with Gasteiger partial charge in [0.25, 0.3) is 5.91 Å². The highest BCUT2D eigenvalue weighted by Gasteiger charge is 2.15. The smallest absolute Gasteiger partial charge is 0.265 e. The molecule has 0 aliphatic carbocycles. The van der Waals surface area contributed by atoms with Gasteiger partial charge >= 0.3 is 0 Å². The van der Waals surface area contributed by atoms with E-state index < -0.39 is 6.10 Å². The van der Waals surface area contributed by atoms with Crippen LogP contribution in [0.1, 0.15) is 6.92 Å². The molecule has 6 heteroatoms. The Balaban J connectivity index is 2.00. The fraction of sp³-hybridized carbons (Fsp3) is 0.133. The topological polar surface area (TPSA) is 38.3 Å². The molecule has 0 aliphatic rings. The van der Waals surface area contributed by atoms with E-state index in [4.69, 9.17) is 27.9 Å². The van der Waals surface area contributed by atoms with Gasteiger partial charge in [-0.1, -0.05) is 29.3 Å². The van der Waals surface area contributed by atoms with Crippen LogP contribution in [0, 0.1) is 0 Å². The minimum Gasteiger partial charge on any atom is -0.481 e. The molecule has 3 nitrogen and oxygen atoms in total. The highest BCUT2D eigenvalue weighted by Crippen LogP contribution is 2.25. The van der Waals surface area contributed by atoms with Crippen molar-refractivity contribution in [2.45, 2.75) is 13.0 Å². The summed E-state index contributed by atoms with van der Waals surface area (Å²) >= 11 is 15.1. The van der Waals surface area contributed by atoms with Gasteiger partial charge in [0.15, 0.2) is 6.10 Å². The zero-order valence-electron chi connectivity index (χ0n) is 11.1. The molecule has 21 heavy (non-hydrogen) atoms. The molecule has 1 atom stereocenters. The number of anilines is 1. The molecule has 2 aromatic carbocycles. The summed E-state index contributed by atoms with van der Waals surface area (Å²) in [7, 11) is 0. The van der Waals surface area contributed by atoms with Crippen molar-refractivity contribution >= 4 is 50.7 Å². The maximum atomic E-state index is 12.1. The summed E-state index contributed by atoms with van der Waals surface area (Å²) < 4.78 is 6.31. The van der Waals surface area contributed by atoms with Gasteiger partial charge in [0, 0.05) is 15.2 Å². The molecule has 0 saturated carbocycles. The fourth-order valence-corrected chi connectivity index (χ4v) is 2.22. The average molecular weight is 389 g/mol. The van der Waals surface area contributed by atoms with E-state index >= 15 is 0 Å². The number of amides is 1. The third-order valence-corrected chi connectivity index (χ3v) is 4.13. The molecule has 2 aromatic rings. The second-order valence-corrected chi connectivity index (χ2v) is 6.03. The van der Waals surface area contributed by atoms with Crippen LogP contribution in [0.4, 0.5) is 5.69 Å². The molecule has 0 aliphatic heterocycles. The van der Waals surface area contributed by atoms with Crippen LogP contribution in [0.15, 0.2) is 46.9 Å². The van der Waals surface area contributed by atoms with Crippen molar-refractivity contribution in [1.82, 2.24) is 0 Å². The van der Waals surface area contributed by atoms with Gasteiger partial charge in [0.05, 0.1) is 5.02 Å². The first-order valence-corrected chi connectivity index (χ1v) is 7.69.